The number of carbonyl (C=O) groups excluding carboxylic acids is 1. The fourth-order valence-electron chi connectivity index (χ4n) is 2.13. The van der Waals surface area contributed by atoms with Gasteiger partial charge in [0.05, 0.1) is 23.4 Å². The van der Waals surface area contributed by atoms with Gasteiger partial charge in [0, 0.05) is 7.11 Å². The highest BCUT2D eigenvalue weighted by molar-refractivity contribution is 14.1. The van der Waals surface area contributed by atoms with Gasteiger partial charge in [0.1, 0.15) is 0 Å². The summed E-state index contributed by atoms with van der Waals surface area (Å²) in [5.41, 5.74) is 2.47. The lowest BCUT2D eigenvalue weighted by Crippen LogP contribution is -2.02. The lowest BCUT2D eigenvalue weighted by molar-refractivity contribution is 0.0485. The molecule has 0 aliphatic heterocycles. The average Bonchev–Trinajstić information content (AvgIpc) is 2.64. The van der Waals surface area contributed by atoms with Crippen molar-refractivity contribution in [2.24, 2.45) is 0 Å². The summed E-state index contributed by atoms with van der Waals surface area (Å²) in [5, 5.41) is 0. The van der Waals surface area contributed by atoms with Gasteiger partial charge in [-0.1, -0.05) is 24.3 Å². The summed E-state index contributed by atoms with van der Waals surface area (Å²) in [5.74, 6) is 0.954. The molecule has 0 saturated carbocycles. The Balaban J connectivity index is 2.20. The monoisotopic (exact) mass is 454 g/mol. The standard InChI is InChI=1S/C19H19IO5/c1-22-12-25-18-16(20)10-14(11-17(18)23-2)5-4-13-6-8-15(9-7-13)19(21)24-3/h4-11H,12H2,1-3H3. The number of hydrogen-bond acceptors (Lipinski definition) is 5. The number of carbonyl (C=O) groups is 1. The normalized spacial score (nSPS) is 10.7. The largest absolute Gasteiger partial charge is 0.493 e. The van der Waals surface area contributed by atoms with E-state index in [1.54, 1.807) is 26.4 Å². The highest BCUT2D eigenvalue weighted by atomic mass is 127. The molecule has 6 heteroatoms. The van der Waals surface area contributed by atoms with Crippen molar-refractivity contribution in [1.82, 2.24) is 0 Å². The van der Waals surface area contributed by atoms with E-state index in [0.29, 0.717) is 17.1 Å². The highest BCUT2D eigenvalue weighted by Crippen LogP contribution is 2.34. The van der Waals surface area contributed by atoms with Crippen LogP contribution in [0.5, 0.6) is 11.5 Å². The Hall–Kier alpha value is -2.06. The van der Waals surface area contributed by atoms with Crippen LogP contribution in [0.3, 0.4) is 0 Å². The van der Waals surface area contributed by atoms with Gasteiger partial charge in [0.15, 0.2) is 18.3 Å². The molecule has 0 bridgehead atoms. The first-order chi connectivity index (χ1) is 12.1. The Kier molecular flexibility index (Phi) is 7.27. The quantitative estimate of drug-likeness (QED) is 0.271. The Bertz CT molecular complexity index is 753. The SMILES string of the molecule is COCOc1c(I)cc(C=Cc2ccc(C(=O)OC)cc2)cc1OC. The Morgan fingerprint density at radius 3 is 2.32 bits per heavy atom. The summed E-state index contributed by atoms with van der Waals surface area (Å²) >= 11 is 2.20. The molecule has 0 fully saturated rings. The van der Waals surface area contributed by atoms with E-state index >= 15 is 0 Å². The number of esters is 1. The third-order valence-electron chi connectivity index (χ3n) is 3.37. The number of rotatable bonds is 7. The zero-order valence-corrected chi connectivity index (χ0v) is 16.4. The van der Waals surface area contributed by atoms with E-state index < -0.39 is 0 Å². The number of benzene rings is 2. The van der Waals surface area contributed by atoms with E-state index in [2.05, 4.69) is 22.6 Å². The molecule has 0 saturated heterocycles. The van der Waals surface area contributed by atoms with E-state index in [4.69, 9.17) is 18.9 Å². The molecule has 0 atom stereocenters. The van der Waals surface area contributed by atoms with E-state index in [1.807, 2.05) is 36.4 Å². The molecule has 25 heavy (non-hydrogen) atoms. The second kappa shape index (κ2) is 9.43. The van der Waals surface area contributed by atoms with E-state index in [9.17, 15) is 4.79 Å². The summed E-state index contributed by atoms with van der Waals surface area (Å²) in [6, 6.07) is 11.1. The van der Waals surface area contributed by atoms with E-state index in [-0.39, 0.29) is 12.8 Å². The van der Waals surface area contributed by atoms with Crippen LogP contribution < -0.4 is 9.47 Å². The molecule has 2 aromatic carbocycles. The van der Waals surface area contributed by atoms with Crippen molar-refractivity contribution >= 4 is 40.7 Å². The lowest BCUT2D eigenvalue weighted by Gasteiger charge is -2.12. The van der Waals surface area contributed by atoms with Gasteiger partial charge in [-0.25, -0.2) is 4.79 Å². The predicted octanol–water partition coefficient (Wildman–Crippen LogP) is 4.24. The smallest absolute Gasteiger partial charge is 0.337 e. The number of hydrogen-bond donors (Lipinski definition) is 0. The third-order valence-corrected chi connectivity index (χ3v) is 4.17. The van der Waals surface area contributed by atoms with Crippen molar-refractivity contribution < 1.29 is 23.7 Å². The van der Waals surface area contributed by atoms with Gasteiger partial charge in [-0.3, -0.25) is 0 Å². The van der Waals surface area contributed by atoms with Gasteiger partial charge < -0.3 is 18.9 Å². The molecule has 0 heterocycles. The maximum Gasteiger partial charge on any atom is 0.337 e. The Morgan fingerprint density at radius 2 is 1.72 bits per heavy atom. The zero-order valence-electron chi connectivity index (χ0n) is 14.2. The number of halogens is 1. The second-order valence-corrected chi connectivity index (χ2v) is 6.19. The maximum absolute atomic E-state index is 11.4. The van der Waals surface area contributed by atoms with Gasteiger partial charge >= 0.3 is 5.97 Å². The minimum atomic E-state index is -0.346. The molecule has 2 aromatic rings. The molecule has 0 aliphatic carbocycles. The molecule has 132 valence electrons. The average molecular weight is 454 g/mol. The van der Waals surface area contributed by atoms with Crippen LogP contribution in [0, 0.1) is 3.57 Å². The first kappa shape index (κ1) is 19.3. The maximum atomic E-state index is 11.4. The van der Waals surface area contributed by atoms with Crippen LogP contribution in [0.4, 0.5) is 0 Å². The third kappa shape index (κ3) is 5.20. The highest BCUT2D eigenvalue weighted by Gasteiger charge is 2.10. The van der Waals surface area contributed by atoms with Crippen LogP contribution >= 0.6 is 22.6 Å². The first-order valence-electron chi connectivity index (χ1n) is 7.44. The Labute approximate surface area is 160 Å². The molecule has 0 radical (unpaired) electrons. The summed E-state index contributed by atoms with van der Waals surface area (Å²) in [6.07, 6.45) is 3.93. The Morgan fingerprint density at radius 1 is 1.04 bits per heavy atom. The molecule has 0 unspecified atom stereocenters. The van der Waals surface area contributed by atoms with Crippen molar-refractivity contribution in [3.05, 3.63) is 56.7 Å². The molecule has 0 aliphatic rings. The van der Waals surface area contributed by atoms with Gasteiger partial charge in [0.2, 0.25) is 0 Å². The van der Waals surface area contributed by atoms with Gasteiger partial charge in [-0.15, -0.1) is 0 Å². The molecule has 0 aromatic heterocycles. The van der Waals surface area contributed by atoms with Crippen molar-refractivity contribution in [2.45, 2.75) is 0 Å². The van der Waals surface area contributed by atoms with Crippen LogP contribution in [-0.2, 0) is 9.47 Å². The summed E-state index contributed by atoms with van der Waals surface area (Å²) in [6.45, 7) is 0.161. The molecule has 0 N–H and O–H groups in total. The van der Waals surface area contributed by atoms with Gasteiger partial charge in [-0.05, 0) is 58.0 Å². The van der Waals surface area contributed by atoms with Crippen LogP contribution in [0.2, 0.25) is 0 Å². The lowest BCUT2D eigenvalue weighted by atomic mass is 10.1. The fraction of sp³-hybridized carbons (Fsp3) is 0.211. The van der Waals surface area contributed by atoms with Crippen molar-refractivity contribution in [2.75, 3.05) is 28.1 Å². The predicted molar refractivity (Wildman–Crippen MR) is 105 cm³/mol. The minimum absolute atomic E-state index is 0.161. The molecule has 0 spiro atoms. The fourth-order valence-corrected chi connectivity index (χ4v) is 2.92. The van der Waals surface area contributed by atoms with Crippen molar-refractivity contribution in [3.8, 4) is 11.5 Å². The van der Waals surface area contributed by atoms with Crippen molar-refractivity contribution in [1.29, 1.82) is 0 Å². The second-order valence-electron chi connectivity index (χ2n) is 5.03. The van der Waals surface area contributed by atoms with Crippen molar-refractivity contribution in [3.63, 3.8) is 0 Å². The van der Waals surface area contributed by atoms with E-state index in [1.165, 1.54) is 7.11 Å². The molecular formula is C19H19IO5. The van der Waals surface area contributed by atoms with Gasteiger partial charge in [-0.2, -0.15) is 0 Å². The molecule has 2 rings (SSSR count). The summed E-state index contributed by atoms with van der Waals surface area (Å²) < 4.78 is 21.5. The molecular weight excluding hydrogens is 435 g/mol. The van der Waals surface area contributed by atoms with E-state index in [0.717, 1.165) is 14.7 Å². The zero-order chi connectivity index (χ0) is 18.2. The molecule has 5 nitrogen and oxygen atoms in total. The van der Waals surface area contributed by atoms with Gasteiger partial charge in [0.25, 0.3) is 0 Å². The summed E-state index contributed by atoms with van der Waals surface area (Å²) in [7, 11) is 4.54. The van der Waals surface area contributed by atoms with Crippen LogP contribution in [0.1, 0.15) is 21.5 Å². The number of methoxy groups -OCH3 is 3. The van der Waals surface area contributed by atoms with Crippen LogP contribution in [0.15, 0.2) is 36.4 Å². The number of ether oxygens (including phenoxy) is 4. The minimum Gasteiger partial charge on any atom is -0.493 e. The van der Waals surface area contributed by atoms with Crippen LogP contribution in [0.25, 0.3) is 12.2 Å². The molecule has 0 amide bonds. The topological polar surface area (TPSA) is 54.0 Å². The summed E-state index contributed by atoms with van der Waals surface area (Å²) in [4.78, 5) is 11.4. The first-order valence-corrected chi connectivity index (χ1v) is 8.52. The van der Waals surface area contributed by atoms with Crippen LogP contribution in [-0.4, -0.2) is 34.1 Å².